The van der Waals surface area contributed by atoms with Crippen LogP contribution in [0.3, 0.4) is 0 Å². The first-order chi connectivity index (χ1) is 6.93. The van der Waals surface area contributed by atoms with E-state index in [2.05, 4.69) is 18.7 Å². The molecule has 0 aliphatic rings. The van der Waals surface area contributed by atoms with E-state index in [1.807, 2.05) is 44.4 Å². The maximum Gasteiger partial charge on any atom is 0.164 e. The first kappa shape index (κ1) is 15.1. The van der Waals surface area contributed by atoms with Crippen molar-refractivity contribution >= 4 is 18.2 Å². The molecule has 0 heterocycles. The third-order valence-corrected chi connectivity index (χ3v) is 2.90. The van der Waals surface area contributed by atoms with Gasteiger partial charge in [0.05, 0.1) is 0 Å². The van der Waals surface area contributed by atoms with Gasteiger partial charge in [0.1, 0.15) is 0 Å². The summed E-state index contributed by atoms with van der Waals surface area (Å²) in [5.41, 5.74) is 0.708. The Morgan fingerprint density at radius 1 is 1.19 bits per heavy atom. The van der Waals surface area contributed by atoms with Gasteiger partial charge in [-0.25, -0.2) is 0 Å². The van der Waals surface area contributed by atoms with Gasteiger partial charge in [0, 0.05) is 17.5 Å². The SMILES string of the molecule is CN(C)C(C)(C)CC(=O)c1ccccc1.Cl. The van der Waals surface area contributed by atoms with Gasteiger partial charge in [0.25, 0.3) is 0 Å². The molecule has 1 aromatic rings. The van der Waals surface area contributed by atoms with Crippen LogP contribution in [0.15, 0.2) is 30.3 Å². The van der Waals surface area contributed by atoms with Gasteiger partial charge in [-0.15, -0.1) is 12.4 Å². The Hall–Kier alpha value is -0.860. The molecule has 2 nitrogen and oxygen atoms in total. The fourth-order valence-electron chi connectivity index (χ4n) is 1.28. The molecule has 0 saturated heterocycles. The molecule has 0 fully saturated rings. The topological polar surface area (TPSA) is 20.3 Å². The normalized spacial score (nSPS) is 11.1. The number of nitrogens with zero attached hydrogens (tertiary/aromatic N) is 1. The predicted octanol–water partition coefficient (Wildman–Crippen LogP) is 3.02. The number of carbonyl (C=O) groups excluding carboxylic acids is 1. The van der Waals surface area contributed by atoms with E-state index in [0.717, 1.165) is 5.56 Å². The van der Waals surface area contributed by atoms with Gasteiger partial charge in [-0.1, -0.05) is 30.3 Å². The minimum absolute atomic E-state index is 0. The maximum atomic E-state index is 11.9. The van der Waals surface area contributed by atoms with Gasteiger partial charge in [0.15, 0.2) is 5.78 Å². The highest BCUT2D eigenvalue weighted by molar-refractivity contribution is 5.96. The molecule has 0 amide bonds. The van der Waals surface area contributed by atoms with Crippen molar-refractivity contribution in [3.63, 3.8) is 0 Å². The smallest absolute Gasteiger partial charge is 0.164 e. The largest absolute Gasteiger partial charge is 0.304 e. The van der Waals surface area contributed by atoms with Gasteiger partial charge in [-0.3, -0.25) is 4.79 Å². The second-order valence-electron chi connectivity index (χ2n) is 4.67. The fourth-order valence-corrected chi connectivity index (χ4v) is 1.28. The molecular weight excluding hydrogens is 222 g/mol. The number of carbonyl (C=O) groups is 1. The van der Waals surface area contributed by atoms with Gasteiger partial charge >= 0.3 is 0 Å². The Bertz CT molecular complexity index is 333. The van der Waals surface area contributed by atoms with Gasteiger partial charge in [-0.05, 0) is 27.9 Å². The van der Waals surface area contributed by atoms with E-state index in [0.29, 0.717) is 6.42 Å². The Morgan fingerprint density at radius 3 is 2.12 bits per heavy atom. The van der Waals surface area contributed by atoms with Crippen molar-refractivity contribution < 1.29 is 4.79 Å². The molecule has 0 saturated carbocycles. The lowest BCUT2D eigenvalue weighted by molar-refractivity contribution is 0.0884. The third kappa shape index (κ3) is 3.95. The average molecular weight is 242 g/mol. The summed E-state index contributed by atoms with van der Waals surface area (Å²) in [6.45, 7) is 4.15. The van der Waals surface area contributed by atoms with E-state index in [1.165, 1.54) is 0 Å². The van der Waals surface area contributed by atoms with E-state index >= 15 is 0 Å². The highest BCUT2D eigenvalue weighted by Gasteiger charge is 2.24. The molecule has 0 aliphatic heterocycles. The van der Waals surface area contributed by atoms with E-state index < -0.39 is 0 Å². The molecule has 0 aromatic heterocycles. The van der Waals surface area contributed by atoms with E-state index in [9.17, 15) is 4.79 Å². The quantitative estimate of drug-likeness (QED) is 0.756. The number of Topliss-reactive ketones (excluding diaryl/α,β-unsaturated/α-hetero) is 1. The summed E-state index contributed by atoms with van der Waals surface area (Å²) in [6.07, 6.45) is 0.546. The number of hydrogen-bond donors (Lipinski definition) is 0. The Balaban J connectivity index is 0.00000225. The zero-order valence-corrected chi connectivity index (χ0v) is 11.2. The summed E-state index contributed by atoms with van der Waals surface area (Å²) < 4.78 is 0. The summed E-state index contributed by atoms with van der Waals surface area (Å²) in [5.74, 6) is 0.203. The Labute approximate surface area is 104 Å². The van der Waals surface area contributed by atoms with Crippen LogP contribution in [0.25, 0.3) is 0 Å². The molecule has 0 spiro atoms. The summed E-state index contributed by atoms with van der Waals surface area (Å²) in [5, 5.41) is 0. The highest BCUT2D eigenvalue weighted by Crippen LogP contribution is 2.18. The van der Waals surface area contributed by atoms with Gasteiger partial charge in [-0.2, -0.15) is 0 Å². The second kappa shape index (κ2) is 6.02. The van der Waals surface area contributed by atoms with Crippen LogP contribution < -0.4 is 0 Å². The van der Waals surface area contributed by atoms with Crippen LogP contribution >= 0.6 is 12.4 Å². The minimum atomic E-state index is -0.0904. The Morgan fingerprint density at radius 2 is 1.69 bits per heavy atom. The minimum Gasteiger partial charge on any atom is -0.304 e. The van der Waals surface area contributed by atoms with Gasteiger partial charge in [0.2, 0.25) is 0 Å². The van der Waals surface area contributed by atoms with Crippen molar-refractivity contribution in [1.82, 2.24) is 4.90 Å². The summed E-state index contributed by atoms with van der Waals surface area (Å²) in [4.78, 5) is 14.0. The Kier molecular flexibility index (Phi) is 5.70. The summed E-state index contributed by atoms with van der Waals surface area (Å²) in [6, 6.07) is 9.46. The molecule has 16 heavy (non-hydrogen) atoms. The lowest BCUT2D eigenvalue weighted by Gasteiger charge is -2.31. The van der Waals surface area contributed by atoms with Crippen molar-refractivity contribution in [1.29, 1.82) is 0 Å². The van der Waals surface area contributed by atoms with E-state index in [-0.39, 0.29) is 23.7 Å². The van der Waals surface area contributed by atoms with Crippen LogP contribution in [0.2, 0.25) is 0 Å². The molecule has 90 valence electrons. The molecule has 3 heteroatoms. The van der Waals surface area contributed by atoms with Crippen LogP contribution in [-0.4, -0.2) is 30.3 Å². The van der Waals surface area contributed by atoms with Crippen molar-refractivity contribution in [2.75, 3.05) is 14.1 Å². The standard InChI is InChI=1S/C13H19NO.ClH/c1-13(2,14(3)4)10-12(15)11-8-6-5-7-9-11;/h5-9H,10H2,1-4H3;1H. The van der Waals surface area contributed by atoms with Gasteiger partial charge < -0.3 is 4.90 Å². The molecular formula is C13H20ClNO. The highest BCUT2D eigenvalue weighted by atomic mass is 35.5. The molecule has 0 N–H and O–H groups in total. The van der Waals surface area contributed by atoms with Crippen molar-refractivity contribution in [3.05, 3.63) is 35.9 Å². The molecule has 0 radical (unpaired) electrons. The fraction of sp³-hybridized carbons (Fsp3) is 0.462. The second-order valence-corrected chi connectivity index (χ2v) is 4.67. The molecule has 0 atom stereocenters. The zero-order valence-electron chi connectivity index (χ0n) is 10.4. The number of ketones is 1. The van der Waals surface area contributed by atoms with Crippen LogP contribution in [-0.2, 0) is 0 Å². The summed E-state index contributed by atoms with van der Waals surface area (Å²) >= 11 is 0. The first-order valence-electron chi connectivity index (χ1n) is 5.19. The zero-order chi connectivity index (χ0) is 11.5. The molecule has 1 aromatic carbocycles. The van der Waals surface area contributed by atoms with Crippen LogP contribution in [0, 0.1) is 0 Å². The van der Waals surface area contributed by atoms with E-state index in [4.69, 9.17) is 0 Å². The monoisotopic (exact) mass is 241 g/mol. The maximum absolute atomic E-state index is 11.9. The first-order valence-corrected chi connectivity index (χ1v) is 5.19. The van der Waals surface area contributed by atoms with E-state index in [1.54, 1.807) is 0 Å². The molecule has 1 rings (SSSR count). The number of rotatable bonds is 4. The predicted molar refractivity (Wildman–Crippen MR) is 70.4 cm³/mol. The lowest BCUT2D eigenvalue weighted by atomic mass is 9.93. The number of halogens is 1. The average Bonchev–Trinajstić information content (AvgIpc) is 2.18. The number of hydrogen-bond acceptors (Lipinski definition) is 2. The van der Waals surface area contributed by atoms with Crippen LogP contribution in [0.4, 0.5) is 0 Å². The lowest BCUT2D eigenvalue weighted by Crippen LogP contribution is -2.40. The molecule has 0 aliphatic carbocycles. The third-order valence-electron chi connectivity index (χ3n) is 2.90. The molecule has 0 unspecified atom stereocenters. The van der Waals surface area contributed by atoms with Crippen molar-refractivity contribution in [2.24, 2.45) is 0 Å². The molecule has 0 bridgehead atoms. The summed E-state index contributed by atoms with van der Waals surface area (Å²) in [7, 11) is 4.00. The van der Waals surface area contributed by atoms with Crippen molar-refractivity contribution in [3.8, 4) is 0 Å². The number of benzene rings is 1. The van der Waals surface area contributed by atoms with Crippen LogP contribution in [0.5, 0.6) is 0 Å². The van der Waals surface area contributed by atoms with Crippen LogP contribution in [0.1, 0.15) is 30.6 Å². The van der Waals surface area contributed by atoms with Crippen molar-refractivity contribution in [2.45, 2.75) is 25.8 Å².